The van der Waals surface area contributed by atoms with Crippen LogP contribution in [0.3, 0.4) is 0 Å². The minimum absolute atomic E-state index is 0.392. The molecule has 2 aromatic carbocycles. The zero-order valence-electron chi connectivity index (χ0n) is 17.7. The fourth-order valence-corrected chi connectivity index (χ4v) is 5.87. The second-order valence-electron chi connectivity index (χ2n) is 7.71. The number of aryl methyl sites for hydroxylation is 1. The molecule has 0 amide bonds. The van der Waals surface area contributed by atoms with Gasteiger partial charge >= 0.3 is 189 Å². The standard InChI is InChI=1S/C23H27AsN6O/c1-15-8-9-18(19(25)10-15)11-24-21-20-22(29-23(28-21)26-12-16(2)31)30(14-27-20)13-17-6-4-3-5-7-17/h3-10,14,16,24,31H,11-13,25H2,1-2H3,(H,26,28,29). The Hall–Kier alpha value is -2.89. The van der Waals surface area contributed by atoms with E-state index in [0.717, 1.165) is 37.7 Å². The van der Waals surface area contributed by atoms with Gasteiger partial charge in [-0.2, -0.15) is 0 Å². The quantitative estimate of drug-likeness (QED) is 0.264. The molecular formula is C23H27AsN6O. The number of aromatic nitrogens is 4. The molecule has 2 heterocycles. The van der Waals surface area contributed by atoms with Crippen LogP contribution in [0.15, 0.2) is 54.9 Å². The van der Waals surface area contributed by atoms with E-state index in [9.17, 15) is 5.11 Å². The van der Waals surface area contributed by atoms with E-state index in [1.807, 2.05) is 37.5 Å². The summed E-state index contributed by atoms with van der Waals surface area (Å²) in [6.07, 6.45) is 1.35. The van der Waals surface area contributed by atoms with Crippen molar-refractivity contribution in [3.05, 3.63) is 71.5 Å². The van der Waals surface area contributed by atoms with Crippen LogP contribution in [0.25, 0.3) is 11.2 Å². The summed E-state index contributed by atoms with van der Waals surface area (Å²) in [7, 11) is 0. The van der Waals surface area contributed by atoms with Gasteiger partial charge in [0, 0.05) is 0 Å². The molecule has 0 spiro atoms. The van der Waals surface area contributed by atoms with Crippen LogP contribution in [0, 0.1) is 6.92 Å². The van der Waals surface area contributed by atoms with Gasteiger partial charge in [0.1, 0.15) is 0 Å². The second kappa shape index (κ2) is 9.50. The molecule has 8 heteroatoms. The third kappa shape index (κ3) is 5.24. The van der Waals surface area contributed by atoms with Crippen LogP contribution in [0.1, 0.15) is 23.6 Å². The Bertz CT molecular complexity index is 1180. The Morgan fingerprint density at radius 3 is 2.71 bits per heavy atom. The molecule has 2 atom stereocenters. The van der Waals surface area contributed by atoms with Gasteiger partial charge in [0.15, 0.2) is 0 Å². The molecule has 0 saturated heterocycles. The van der Waals surface area contributed by atoms with Gasteiger partial charge in [0.2, 0.25) is 0 Å². The minimum atomic E-state index is -0.641. The van der Waals surface area contributed by atoms with Crippen LogP contribution in [-0.4, -0.2) is 53.0 Å². The monoisotopic (exact) mass is 478 g/mol. The van der Waals surface area contributed by atoms with Crippen LogP contribution in [0.4, 0.5) is 11.6 Å². The molecule has 31 heavy (non-hydrogen) atoms. The number of nitrogens with zero attached hydrogens (tertiary/aromatic N) is 4. The van der Waals surface area contributed by atoms with Crippen LogP contribution in [-0.2, 0) is 11.8 Å². The first kappa shape index (κ1) is 21.3. The zero-order valence-corrected chi connectivity index (χ0v) is 19.8. The van der Waals surface area contributed by atoms with Crippen molar-refractivity contribution in [3.8, 4) is 0 Å². The maximum atomic E-state index is 9.67. The Labute approximate surface area is 188 Å². The number of hydrogen-bond acceptors (Lipinski definition) is 6. The first-order chi connectivity index (χ1) is 15.0. The Balaban J connectivity index is 1.66. The van der Waals surface area contributed by atoms with Crippen LogP contribution >= 0.6 is 0 Å². The van der Waals surface area contributed by atoms with Gasteiger partial charge in [0.05, 0.1) is 0 Å². The summed E-state index contributed by atoms with van der Waals surface area (Å²) in [5.74, 6) is 0.527. The van der Waals surface area contributed by atoms with E-state index < -0.39 is 21.9 Å². The van der Waals surface area contributed by atoms with Gasteiger partial charge in [-0.3, -0.25) is 0 Å². The first-order valence-electron chi connectivity index (χ1n) is 10.3. The van der Waals surface area contributed by atoms with E-state index in [4.69, 9.17) is 15.7 Å². The molecule has 0 fully saturated rings. The van der Waals surface area contributed by atoms with Gasteiger partial charge in [-0.25, -0.2) is 0 Å². The summed E-state index contributed by atoms with van der Waals surface area (Å²) in [5.41, 5.74) is 12.2. The molecule has 0 aliphatic carbocycles. The average molecular weight is 478 g/mol. The Morgan fingerprint density at radius 2 is 1.97 bits per heavy atom. The molecule has 0 saturated carbocycles. The van der Waals surface area contributed by atoms with Crippen molar-refractivity contribution in [1.29, 1.82) is 0 Å². The van der Waals surface area contributed by atoms with E-state index in [2.05, 4.69) is 39.1 Å². The van der Waals surface area contributed by atoms with E-state index in [-0.39, 0.29) is 0 Å². The second-order valence-corrected chi connectivity index (χ2v) is 10.2. The summed E-state index contributed by atoms with van der Waals surface area (Å²) in [5, 5.41) is 13.7. The van der Waals surface area contributed by atoms with Crippen molar-refractivity contribution in [2.45, 2.75) is 31.7 Å². The van der Waals surface area contributed by atoms with Crippen LogP contribution in [0.5, 0.6) is 0 Å². The molecule has 160 valence electrons. The van der Waals surface area contributed by atoms with Crippen molar-refractivity contribution in [2.24, 2.45) is 0 Å². The maximum absolute atomic E-state index is 9.67. The predicted octanol–water partition coefficient (Wildman–Crippen LogP) is 1.82. The molecule has 4 aromatic rings. The van der Waals surface area contributed by atoms with Gasteiger partial charge in [0.25, 0.3) is 0 Å². The van der Waals surface area contributed by atoms with E-state index in [0.29, 0.717) is 19.0 Å². The van der Waals surface area contributed by atoms with E-state index in [1.54, 1.807) is 6.92 Å². The summed E-state index contributed by atoms with van der Waals surface area (Å²) in [6.45, 7) is 4.86. The van der Waals surface area contributed by atoms with Crippen molar-refractivity contribution in [3.63, 3.8) is 0 Å². The van der Waals surface area contributed by atoms with Crippen molar-refractivity contribution < 1.29 is 5.11 Å². The fourth-order valence-electron chi connectivity index (χ4n) is 3.34. The van der Waals surface area contributed by atoms with Gasteiger partial charge < -0.3 is 0 Å². The molecule has 7 nitrogen and oxygen atoms in total. The number of hydrogen-bond donors (Lipinski definition) is 3. The van der Waals surface area contributed by atoms with Gasteiger partial charge in [-0.15, -0.1) is 0 Å². The number of fused-ring (bicyclic) bond motifs is 1. The number of imidazole rings is 1. The van der Waals surface area contributed by atoms with Crippen molar-refractivity contribution in [1.82, 2.24) is 19.5 Å². The average Bonchev–Trinajstić information content (AvgIpc) is 3.15. The molecule has 2 unspecified atom stereocenters. The van der Waals surface area contributed by atoms with Crippen LogP contribution in [0.2, 0.25) is 0 Å². The van der Waals surface area contributed by atoms with Crippen molar-refractivity contribution >= 4 is 43.0 Å². The molecule has 0 aliphatic heterocycles. The number of benzene rings is 2. The molecule has 4 rings (SSSR count). The van der Waals surface area contributed by atoms with E-state index >= 15 is 0 Å². The molecule has 0 radical (unpaired) electrons. The molecule has 2 aromatic heterocycles. The Morgan fingerprint density at radius 1 is 1.16 bits per heavy atom. The molecule has 4 N–H and O–H groups in total. The molecule has 0 aliphatic rings. The summed E-state index contributed by atoms with van der Waals surface area (Å²) in [4.78, 5) is 14.1. The summed E-state index contributed by atoms with van der Waals surface area (Å²) < 4.78 is 3.04. The fraction of sp³-hybridized carbons (Fsp3) is 0.261. The SMILES string of the molecule is Cc1ccc(C[AsH]c2nc(NCC(C)O)nc3c2ncn3Cc2ccccc2)c(N)c1. The number of rotatable bonds is 8. The third-order valence-electron chi connectivity index (χ3n) is 4.96. The molecule has 0 bridgehead atoms. The number of nitrogens with one attached hydrogen (secondary N) is 1. The van der Waals surface area contributed by atoms with Gasteiger partial charge in [-0.1, -0.05) is 0 Å². The molecular weight excluding hydrogens is 451 g/mol. The van der Waals surface area contributed by atoms with Crippen LogP contribution < -0.4 is 15.5 Å². The first-order valence-corrected chi connectivity index (χ1v) is 12.8. The van der Waals surface area contributed by atoms with Gasteiger partial charge in [-0.05, 0) is 0 Å². The topological polar surface area (TPSA) is 102 Å². The Kier molecular flexibility index (Phi) is 6.54. The number of nitrogen functional groups attached to an aromatic ring is 1. The normalized spacial score (nSPS) is 12.6. The summed E-state index contributed by atoms with van der Waals surface area (Å²) in [6, 6.07) is 16.5. The number of nitrogens with two attached hydrogens (primary N) is 1. The summed E-state index contributed by atoms with van der Waals surface area (Å²) >= 11 is -0.641. The zero-order chi connectivity index (χ0) is 21.8. The third-order valence-corrected chi connectivity index (χ3v) is 7.57. The van der Waals surface area contributed by atoms with Crippen molar-refractivity contribution in [2.75, 3.05) is 17.6 Å². The van der Waals surface area contributed by atoms with E-state index in [1.165, 1.54) is 5.56 Å². The predicted molar refractivity (Wildman–Crippen MR) is 127 cm³/mol. The number of anilines is 2. The number of aliphatic hydroxyl groups is 1. The number of aliphatic hydroxyl groups excluding tert-OH is 1.